The third kappa shape index (κ3) is 28.2. The van der Waals surface area contributed by atoms with Crippen molar-refractivity contribution in [3.05, 3.63) is 0 Å². The maximum absolute atomic E-state index is 9.04. The number of hydrogen-bond donors (Lipinski definition) is 1. The maximum Gasteiger partial charge on any atom is 0.167 e. The normalized spacial score (nSPS) is 16.0. The van der Waals surface area contributed by atoms with Gasteiger partial charge in [-0.25, -0.2) is 0 Å². The summed E-state index contributed by atoms with van der Waals surface area (Å²) in [6, 6.07) is 0. The molecule has 0 aliphatic carbocycles. The van der Waals surface area contributed by atoms with Gasteiger partial charge in [0.1, 0.15) is 0 Å². The van der Waals surface area contributed by atoms with Crippen molar-refractivity contribution in [2.24, 2.45) is 0 Å². The summed E-state index contributed by atoms with van der Waals surface area (Å²) in [5.74, 6) is 0. The number of ether oxygens (including phenoxy) is 1. The van der Waals surface area contributed by atoms with E-state index in [2.05, 4.69) is 67.2 Å². The predicted octanol–water partition coefficient (Wildman–Crippen LogP) is 5.60. The van der Waals surface area contributed by atoms with Crippen molar-refractivity contribution >= 4 is 10.4 Å². The fourth-order valence-corrected chi connectivity index (χ4v) is 6.34. The van der Waals surface area contributed by atoms with Gasteiger partial charge in [0.05, 0.1) is 59.0 Å². The predicted molar refractivity (Wildman–Crippen MR) is 171 cm³/mol. The fourth-order valence-electron chi connectivity index (χ4n) is 6.34. The van der Waals surface area contributed by atoms with E-state index in [-0.39, 0.29) is 0 Å². The Kier molecular flexibility index (Phi) is 31.3. The number of aliphatic hydroxyl groups is 1. The highest BCUT2D eigenvalue weighted by molar-refractivity contribution is 7.79. The topological polar surface area (TPSA) is 113 Å². The molecule has 0 amide bonds. The van der Waals surface area contributed by atoms with Crippen LogP contribution in [0.15, 0.2) is 0 Å². The van der Waals surface area contributed by atoms with Gasteiger partial charge in [0, 0.05) is 23.5 Å². The molecule has 9 nitrogen and oxygen atoms in total. The molecule has 0 saturated carbocycles. The van der Waals surface area contributed by atoms with E-state index >= 15 is 0 Å². The van der Waals surface area contributed by atoms with Gasteiger partial charge >= 0.3 is 0 Å². The Hall–Kier alpha value is -0.330. The van der Waals surface area contributed by atoms with Crippen LogP contribution in [0, 0.1) is 0 Å². The second-order valence-corrected chi connectivity index (χ2v) is 12.3. The van der Waals surface area contributed by atoms with Crippen molar-refractivity contribution in [1.29, 1.82) is 0 Å². The van der Waals surface area contributed by atoms with Crippen LogP contribution >= 0.6 is 0 Å². The summed E-state index contributed by atoms with van der Waals surface area (Å²) in [6.45, 7) is 35.1. The Morgan fingerprint density at radius 1 is 0.634 bits per heavy atom. The Labute approximate surface area is 256 Å². The van der Waals surface area contributed by atoms with Gasteiger partial charge in [-0.15, -0.1) is 0 Å². The lowest BCUT2D eigenvalue weighted by atomic mass is 10.2. The summed E-state index contributed by atoms with van der Waals surface area (Å²) in [5, 5.41) is 9.04. The Morgan fingerprint density at radius 3 is 1.10 bits per heavy atom. The lowest BCUT2D eigenvalue weighted by Gasteiger charge is -2.38. The van der Waals surface area contributed by atoms with E-state index in [9.17, 15) is 0 Å². The molecule has 0 aromatic heterocycles. The number of rotatable bonds is 18. The van der Waals surface area contributed by atoms with E-state index in [0.29, 0.717) is 13.2 Å². The van der Waals surface area contributed by atoms with Crippen LogP contribution in [0.2, 0.25) is 0 Å². The van der Waals surface area contributed by atoms with E-state index in [1.165, 1.54) is 113 Å². The molecule has 0 aromatic carbocycles. The number of morpholine rings is 1. The van der Waals surface area contributed by atoms with Crippen LogP contribution in [-0.2, 0) is 15.1 Å². The van der Waals surface area contributed by atoms with Crippen molar-refractivity contribution in [2.45, 2.75) is 126 Å². The monoisotopic (exact) mass is 614 g/mol. The average molecular weight is 614 g/mol. The molecule has 1 aliphatic heterocycles. The summed E-state index contributed by atoms with van der Waals surface area (Å²) in [6.07, 6.45) is 11.3. The SMILES string of the molecule is CCCN1CCOC(O)C1.CCC[N+](CCC)(CCC)CCC.CCC[N+](CCC)(CCC)CCC.O=S(=O)([O-])[O-]. The fraction of sp³-hybridized carbons (Fsp3) is 1.00. The number of aliphatic hydroxyl groups excluding tert-OH is 1. The molecule has 1 saturated heterocycles. The highest BCUT2D eigenvalue weighted by Crippen LogP contribution is 2.13. The molecule has 0 spiro atoms. The first-order valence-electron chi connectivity index (χ1n) is 16.7. The van der Waals surface area contributed by atoms with Crippen LogP contribution in [0.1, 0.15) is 120 Å². The van der Waals surface area contributed by atoms with Crippen LogP contribution in [0.3, 0.4) is 0 Å². The standard InChI is InChI=1S/2C12H28N.C7H15NO2.H2O4S/c2*1-5-9-13(10-6-2,11-7-3)12-8-4;1-2-3-8-4-5-10-7(9)6-8;1-5(2,3)4/h2*5-12H2,1-4H3;7,9H,2-6H2,1H3;(H2,1,2,3,4)/q2*+1;;/p-2. The maximum atomic E-state index is 9.04. The van der Waals surface area contributed by atoms with Gasteiger partial charge in [0.25, 0.3) is 0 Å². The minimum Gasteiger partial charge on any atom is -0.759 e. The van der Waals surface area contributed by atoms with Crippen LogP contribution in [0.5, 0.6) is 0 Å². The van der Waals surface area contributed by atoms with E-state index in [1.807, 2.05) is 0 Å². The van der Waals surface area contributed by atoms with Crippen molar-refractivity contribution in [3.8, 4) is 0 Å². The van der Waals surface area contributed by atoms with Crippen LogP contribution < -0.4 is 0 Å². The second-order valence-electron chi connectivity index (χ2n) is 11.5. The van der Waals surface area contributed by atoms with Gasteiger partial charge in [0.2, 0.25) is 0 Å². The summed E-state index contributed by atoms with van der Waals surface area (Å²) in [7, 11) is -5.17. The minimum absolute atomic E-state index is 0.555. The van der Waals surface area contributed by atoms with Gasteiger partial charge in [0.15, 0.2) is 6.29 Å². The molecule has 1 N–H and O–H groups in total. The van der Waals surface area contributed by atoms with Gasteiger partial charge in [-0.05, 0) is 64.3 Å². The number of nitrogens with zero attached hydrogens (tertiary/aromatic N) is 3. The molecule has 0 bridgehead atoms. The summed E-state index contributed by atoms with van der Waals surface area (Å²) in [4.78, 5) is 2.22. The molecule has 0 radical (unpaired) electrons. The van der Waals surface area contributed by atoms with Crippen molar-refractivity contribution in [1.82, 2.24) is 4.90 Å². The highest BCUT2D eigenvalue weighted by Gasteiger charge is 2.23. The van der Waals surface area contributed by atoms with E-state index in [1.54, 1.807) is 0 Å². The molecule has 0 aromatic rings. The Bertz CT molecular complexity index is 555. The van der Waals surface area contributed by atoms with Crippen LogP contribution in [0.4, 0.5) is 0 Å². The Balaban J connectivity index is -0.000000491. The van der Waals surface area contributed by atoms with Gasteiger partial charge in [-0.3, -0.25) is 13.3 Å². The number of hydrogen-bond acceptors (Lipinski definition) is 7. The van der Waals surface area contributed by atoms with E-state index in [4.69, 9.17) is 27.4 Å². The smallest absolute Gasteiger partial charge is 0.167 e. The molecule has 1 unspecified atom stereocenters. The van der Waals surface area contributed by atoms with E-state index < -0.39 is 16.7 Å². The average Bonchev–Trinajstić information content (AvgIpc) is 2.86. The van der Waals surface area contributed by atoms with Crippen LogP contribution in [-0.4, -0.2) is 121 Å². The highest BCUT2D eigenvalue weighted by atomic mass is 32.3. The second kappa shape index (κ2) is 28.4. The quantitative estimate of drug-likeness (QED) is 0.122. The molecule has 1 rings (SSSR count). The first-order valence-corrected chi connectivity index (χ1v) is 18.0. The largest absolute Gasteiger partial charge is 0.759 e. The van der Waals surface area contributed by atoms with Crippen molar-refractivity contribution in [3.63, 3.8) is 0 Å². The first kappa shape index (κ1) is 45.1. The van der Waals surface area contributed by atoms with Crippen molar-refractivity contribution in [2.75, 3.05) is 78.6 Å². The molecule has 1 aliphatic rings. The molecule has 1 atom stereocenters. The molecular weight excluding hydrogens is 542 g/mol. The zero-order valence-electron chi connectivity index (χ0n) is 28.7. The van der Waals surface area contributed by atoms with Crippen molar-refractivity contribution < 1.29 is 36.3 Å². The number of β-amino-alcohol motifs (C(OH)–C–C–N with tert-alkyl or cyclic N) is 1. The molecule has 252 valence electrons. The van der Waals surface area contributed by atoms with Gasteiger partial charge < -0.3 is 27.9 Å². The minimum atomic E-state index is -5.17. The first-order chi connectivity index (χ1) is 19.3. The Morgan fingerprint density at radius 2 is 0.902 bits per heavy atom. The van der Waals surface area contributed by atoms with E-state index in [0.717, 1.165) is 19.5 Å². The summed E-state index contributed by atoms with van der Waals surface area (Å²) < 4.78 is 41.8. The summed E-state index contributed by atoms with van der Waals surface area (Å²) >= 11 is 0. The number of quaternary nitrogens is 2. The molecule has 10 heteroatoms. The zero-order chi connectivity index (χ0) is 32.2. The lowest BCUT2D eigenvalue weighted by molar-refractivity contribution is -0.928. The molecule has 41 heavy (non-hydrogen) atoms. The molecule has 1 heterocycles. The van der Waals surface area contributed by atoms with Crippen LogP contribution in [0.25, 0.3) is 0 Å². The van der Waals surface area contributed by atoms with Gasteiger partial charge in [-0.1, -0.05) is 62.3 Å². The molecule has 1 fully saturated rings. The van der Waals surface area contributed by atoms with Gasteiger partial charge in [-0.2, -0.15) is 0 Å². The summed E-state index contributed by atoms with van der Waals surface area (Å²) in [5.41, 5.74) is 0. The zero-order valence-corrected chi connectivity index (χ0v) is 29.5. The third-order valence-electron chi connectivity index (χ3n) is 7.26. The third-order valence-corrected chi connectivity index (χ3v) is 7.26. The lowest BCUT2D eigenvalue weighted by Crippen LogP contribution is -2.50. The molecular formula is C31H71N3O6S.